The molecule has 0 fully saturated rings. The number of pyridine rings is 1. The molecule has 0 atom stereocenters. The zero-order chi connectivity index (χ0) is 22.3. The molecule has 0 spiro atoms. The van der Waals surface area contributed by atoms with Gasteiger partial charge in [0, 0.05) is 29.9 Å². The molecule has 0 amide bonds. The number of nitrogens with zero attached hydrogens (tertiary/aromatic N) is 3. The first kappa shape index (κ1) is 21.1. The lowest BCUT2D eigenvalue weighted by atomic mass is 10.1. The van der Waals surface area contributed by atoms with E-state index in [1.165, 1.54) is 22.9 Å². The predicted octanol–water partition coefficient (Wildman–Crippen LogP) is 6.06. The van der Waals surface area contributed by atoms with Crippen LogP contribution in [0.2, 0.25) is 10.0 Å². The number of nitrogens with one attached hydrogen (secondary N) is 1. The lowest BCUT2D eigenvalue weighted by Crippen LogP contribution is -2.20. The first-order chi connectivity index (χ1) is 14.6. The highest BCUT2D eigenvalue weighted by Gasteiger charge is 2.30. The fourth-order valence-electron chi connectivity index (χ4n) is 3.11. The van der Waals surface area contributed by atoms with E-state index in [-0.39, 0.29) is 11.5 Å². The summed E-state index contributed by atoms with van der Waals surface area (Å²) in [5.74, 6) is 0.130. The molecule has 0 radical (unpaired) electrons. The summed E-state index contributed by atoms with van der Waals surface area (Å²) in [6, 6.07) is 11.0. The summed E-state index contributed by atoms with van der Waals surface area (Å²) in [5.41, 5.74) is 0.309. The molecule has 0 saturated heterocycles. The van der Waals surface area contributed by atoms with Crippen molar-refractivity contribution in [3.63, 3.8) is 0 Å². The Morgan fingerprint density at radius 1 is 1.03 bits per heavy atom. The fourth-order valence-corrected chi connectivity index (χ4v) is 3.71. The number of hydrogen-bond acceptors (Lipinski definition) is 4. The third-order valence-corrected chi connectivity index (χ3v) is 5.28. The molecule has 0 saturated carbocycles. The highest BCUT2D eigenvalue weighted by atomic mass is 35.5. The number of aromatic nitrogens is 3. The molecular formula is C21H13Cl2F3N4O. The van der Waals surface area contributed by atoms with E-state index in [4.69, 9.17) is 23.2 Å². The minimum absolute atomic E-state index is 0.130. The van der Waals surface area contributed by atoms with Crippen LogP contribution in [0.25, 0.3) is 22.2 Å². The van der Waals surface area contributed by atoms with Gasteiger partial charge in [0.15, 0.2) is 0 Å². The molecule has 158 valence electrons. The van der Waals surface area contributed by atoms with Crippen LogP contribution in [0.1, 0.15) is 5.56 Å². The highest BCUT2D eigenvalue weighted by molar-refractivity contribution is 6.39. The van der Waals surface area contributed by atoms with Crippen molar-refractivity contribution in [2.75, 3.05) is 5.32 Å². The number of alkyl halides is 3. The van der Waals surface area contributed by atoms with E-state index in [2.05, 4.69) is 15.3 Å². The number of anilines is 2. The standard InChI is InChI=1S/C21H13Cl2F3N4O/c1-30-18-11(9-14(19(30)31)17-15(22)3-2-4-16(17)23)10-27-20(29-18)28-13-7-5-12(6-8-13)21(24,25)26/h2-10H,1H3,(H,27,28,29). The van der Waals surface area contributed by atoms with Crippen molar-refractivity contribution in [3.8, 4) is 11.1 Å². The Bertz CT molecular complexity index is 1330. The lowest BCUT2D eigenvalue weighted by molar-refractivity contribution is -0.137. The summed E-state index contributed by atoms with van der Waals surface area (Å²) in [7, 11) is 1.55. The molecule has 0 bridgehead atoms. The average Bonchev–Trinajstić information content (AvgIpc) is 2.71. The molecule has 2 aromatic heterocycles. The quantitative estimate of drug-likeness (QED) is 0.400. The van der Waals surface area contributed by atoms with Crippen molar-refractivity contribution in [3.05, 3.63) is 80.7 Å². The van der Waals surface area contributed by atoms with Gasteiger partial charge in [0.25, 0.3) is 5.56 Å². The van der Waals surface area contributed by atoms with Gasteiger partial charge in [0.2, 0.25) is 5.95 Å². The topological polar surface area (TPSA) is 59.8 Å². The van der Waals surface area contributed by atoms with Crippen molar-refractivity contribution >= 4 is 45.9 Å². The van der Waals surface area contributed by atoms with Crippen LogP contribution in [0.4, 0.5) is 24.8 Å². The Morgan fingerprint density at radius 2 is 1.68 bits per heavy atom. The molecule has 0 aliphatic carbocycles. The minimum Gasteiger partial charge on any atom is -0.324 e. The lowest BCUT2D eigenvalue weighted by Gasteiger charge is -2.12. The Kier molecular flexibility index (Phi) is 5.36. The summed E-state index contributed by atoms with van der Waals surface area (Å²) < 4.78 is 39.5. The van der Waals surface area contributed by atoms with Crippen molar-refractivity contribution < 1.29 is 13.2 Å². The molecule has 4 rings (SSSR count). The number of benzene rings is 2. The molecule has 1 N–H and O–H groups in total. The van der Waals surface area contributed by atoms with Gasteiger partial charge in [-0.1, -0.05) is 29.3 Å². The molecule has 0 aliphatic heterocycles. The molecule has 5 nitrogen and oxygen atoms in total. The first-order valence-electron chi connectivity index (χ1n) is 8.90. The van der Waals surface area contributed by atoms with Crippen LogP contribution in [0.3, 0.4) is 0 Å². The number of hydrogen-bond donors (Lipinski definition) is 1. The van der Waals surface area contributed by atoms with Gasteiger partial charge < -0.3 is 5.32 Å². The summed E-state index contributed by atoms with van der Waals surface area (Å²) in [6.07, 6.45) is -2.92. The number of fused-ring (bicyclic) bond motifs is 1. The number of rotatable bonds is 3. The third kappa shape index (κ3) is 4.08. The summed E-state index contributed by atoms with van der Waals surface area (Å²) >= 11 is 12.5. The molecule has 0 unspecified atom stereocenters. The third-order valence-electron chi connectivity index (χ3n) is 4.65. The van der Waals surface area contributed by atoms with Gasteiger partial charge in [-0.15, -0.1) is 0 Å². The Balaban J connectivity index is 1.74. The predicted molar refractivity (Wildman–Crippen MR) is 115 cm³/mol. The normalized spacial score (nSPS) is 11.7. The van der Waals surface area contributed by atoms with Crippen LogP contribution in [-0.2, 0) is 13.2 Å². The van der Waals surface area contributed by atoms with Gasteiger partial charge >= 0.3 is 6.18 Å². The van der Waals surface area contributed by atoms with Crippen molar-refractivity contribution in [2.24, 2.45) is 7.05 Å². The summed E-state index contributed by atoms with van der Waals surface area (Å²) in [6.45, 7) is 0. The minimum atomic E-state index is -4.42. The maximum atomic E-state index is 12.9. The molecule has 10 heteroatoms. The molecule has 31 heavy (non-hydrogen) atoms. The van der Waals surface area contributed by atoms with Gasteiger partial charge in [-0.3, -0.25) is 9.36 Å². The first-order valence-corrected chi connectivity index (χ1v) is 9.66. The average molecular weight is 465 g/mol. The van der Waals surface area contributed by atoms with Crippen LogP contribution in [0.15, 0.2) is 59.5 Å². The van der Waals surface area contributed by atoms with Crippen molar-refractivity contribution in [1.29, 1.82) is 0 Å². The van der Waals surface area contributed by atoms with Crippen LogP contribution >= 0.6 is 23.2 Å². The monoisotopic (exact) mass is 464 g/mol. The van der Waals surface area contributed by atoms with Gasteiger partial charge in [0.1, 0.15) is 5.65 Å². The largest absolute Gasteiger partial charge is 0.416 e. The maximum absolute atomic E-state index is 12.9. The Hall–Kier alpha value is -3.10. The van der Waals surface area contributed by atoms with Crippen molar-refractivity contribution in [1.82, 2.24) is 14.5 Å². The zero-order valence-electron chi connectivity index (χ0n) is 15.8. The van der Waals surface area contributed by atoms with E-state index in [0.29, 0.717) is 37.9 Å². The maximum Gasteiger partial charge on any atom is 0.416 e. The van der Waals surface area contributed by atoms with Crippen molar-refractivity contribution in [2.45, 2.75) is 6.18 Å². The van der Waals surface area contributed by atoms with E-state index < -0.39 is 11.7 Å². The second kappa shape index (κ2) is 7.86. The second-order valence-electron chi connectivity index (χ2n) is 6.69. The second-order valence-corrected chi connectivity index (χ2v) is 7.51. The van der Waals surface area contributed by atoms with Gasteiger partial charge in [-0.05, 0) is 42.5 Å². The smallest absolute Gasteiger partial charge is 0.324 e. The van der Waals surface area contributed by atoms with Crippen LogP contribution in [-0.4, -0.2) is 14.5 Å². The molecule has 2 aromatic carbocycles. The summed E-state index contributed by atoms with van der Waals surface area (Å²) in [4.78, 5) is 21.5. The van der Waals surface area contributed by atoms with Crippen LogP contribution in [0, 0.1) is 0 Å². The van der Waals surface area contributed by atoms with Crippen LogP contribution < -0.4 is 10.9 Å². The van der Waals surface area contributed by atoms with Gasteiger partial charge in [-0.25, -0.2) is 4.98 Å². The highest BCUT2D eigenvalue weighted by Crippen LogP contribution is 2.34. The summed E-state index contributed by atoms with van der Waals surface area (Å²) in [5, 5.41) is 4.08. The van der Waals surface area contributed by atoms with E-state index in [1.807, 2.05) is 0 Å². The van der Waals surface area contributed by atoms with Gasteiger partial charge in [-0.2, -0.15) is 18.2 Å². The van der Waals surface area contributed by atoms with Gasteiger partial charge in [0.05, 0.1) is 21.2 Å². The Labute approximate surface area is 184 Å². The van der Waals surface area contributed by atoms with Crippen LogP contribution in [0.5, 0.6) is 0 Å². The molecule has 2 heterocycles. The zero-order valence-corrected chi connectivity index (χ0v) is 17.3. The van der Waals surface area contributed by atoms with E-state index in [9.17, 15) is 18.0 Å². The number of aryl methyl sites for hydroxylation is 1. The fraction of sp³-hybridized carbons (Fsp3) is 0.0952. The van der Waals surface area contributed by atoms with E-state index in [1.54, 1.807) is 31.3 Å². The molecule has 4 aromatic rings. The number of halogens is 5. The van der Waals surface area contributed by atoms with E-state index in [0.717, 1.165) is 12.1 Å². The molecule has 0 aliphatic rings. The Morgan fingerprint density at radius 3 is 2.29 bits per heavy atom. The SMILES string of the molecule is Cn1c(=O)c(-c2c(Cl)cccc2Cl)cc2cnc(Nc3ccc(C(F)(F)F)cc3)nc21. The molecular weight excluding hydrogens is 452 g/mol. The van der Waals surface area contributed by atoms with E-state index >= 15 is 0 Å².